The first kappa shape index (κ1) is 8.70. The average molecular weight is 176 g/mol. The third-order valence-corrected chi connectivity index (χ3v) is 2.88. The Kier molecular flexibility index (Phi) is 2.60. The van der Waals surface area contributed by atoms with Gasteiger partial charge in [0.05, 0.1) is 11.7 Å². The summed E-state index contributed by atoms with van der Waals surface area (Å²) >= 11 is 0. The summed E-state index contributed by atoms with van der Waals surface area (Å²) in [5.41, 5.74) is 1.20. The fourth-order valence-corrected chi connectivity index (χ4v) is 2.10. The summed E-state index contributed by atoms with van der Waals surface area (Å²) in [4.78, 5) is 4.40. The van der Waals surface area contributed by atoms with Gasteiger partial charge in [-0.25, -0.2) is 0 Å². The quantitative estimate of drug-likeness (QED) is 0.746. The molecule has 2 heteroatoms. The Labute approximate surface area is 79.4 Å². The van der Waals surface area contributed by atoms with E-state index in [1.54, 1.807) is 0 Å². The molecule has 0 aliphatic carbocycles. The molecule has 2 rings (SSSR count). The highest BCUT2D eigenvalue weighted by atomic mass is 15.0. The van der Waals surface area contributed by atoms with E-state index in [0.29, 0.717) is 6.04 Å². The fourth-order valence-electron chi connectivity index (χ4n) is 2.10. The lowest BCUT2D eigenvalue weighted by Crippen LogP contribution is -2.18. The number of aromatic nitrogens is 1. The van der Waals surface area contributed by atoms with Crippen molar-refractivity contribution >= 4 is 0 Å². The van der Waals surface area contributed by atoms with Crippen molar-refractivity contribution in [1.82, 2.24) is 10.3 Å². The van der Waals surface area contributed by atoms with Gasteiger partial charge in [0, 0.05) is 6.20 Å². The third-order valence-electron chi connectivity index (χ3n) is 2.88. The van der Waals surface area contributed by atoms with Crippen LogP contribution in [0.2, 0.25) is 0 Å². The molecule has 1 fully saturated rings. The lowest BCUT2D eigenvalue weighted by atomic mass is 9.95. The Morgan fingerprint density at radius 2 is 2.46 bits per heavy atom. The molecule has 2 heterocycles. The molecule has 70 valence electrons. The maximum atomic E-state index is 4.40. The van der Waals surface area contributed by atoms with Crippen molar-refractivity contribution in [3.05, 3.63) is 30.1 Å². The van der Waals surface area contributed by atoms with E-state index >= 15 is 0 Å². The zero-order valence-electron chi connectivity index (χ0n) is 8.03. The van der Waals surface area contributed by atoms with Gasteiger partial charge in [-0.3, -0.25) is 4.98 Å². The minimum absolute atomic E-state index is 0.492. The van der Waals surface area contributed by atoms with Gasteiger partial charge in [0.2, 0.25) is 0 Å². The van der Waals surface area contributed by atoms with Crippen LogP contribution in [0.15, 0.2) is 24.4 Å². The van der Waals surface area contributed by atoms with Crippen molar-refractivity contribution in [2.24, 2.45) is 5.92 Å². The van der Waals surface area contributed by atoms with Gasteiger partial charge >= 0.3 is 0 Å². The second kappa shape index (κ2) is 3.88. The van der Waals surface area contributed by atoms with Gasteiger partial charge in [-0.2, -0.15) is 0 Å². The molecular formula is C11H16N2. The van der Waals surface area contributed by atoms with Gasteiger partial charge in [-0.1, -0.05) is 19.4 Å². The number of pyridine rings is 1. The van der Waals surface area contributed by atoms with Crippen LogP contribution < -0.4 is 5.32 Å². The monoisotopic (exact) mass is 176 g/mol. The molecule has 13 heavy (non-hydrogen) atoms. The second-order valence-corrected chi connectivity index (χ2v) is 3.64. The molecular weight excluding hydrogens is 160 g/mol. The lowest BCUT2D eigenvalue weighted by Gasteiger charge is -2.16. The van der Waals surface area contributed by atoms with Crippen LogP contribution in [0, 0.1) is 5.92 Å². The van der Waals surface area contributed by atoms with Crippen molar-refractivity contribution < 1.29 is 0 Å². The molecule has 0 amide bonds. The number of rotatable bonds is 2. The van der Waals surface area contributed by atoms with Crippen LogP contribution in [-0.2, 0) is 0 Å². The maximum absolute atomic E-state index is 4.40. The normalized spacial score (nSPS) is 27.8. The minimum Gasteiger partial charge on any atom is -0.308 e. The van der Waals surface area contributed by atoms with Crippen molar-refractivity contribution in [2.75, 3.05) is 6.54 Å². The van der Waals surface area contributed by atoms with Crippen LogP contribution >= 0.6 is 0 Å². The number of hydrogen-bond acceptors (Lipinski definition) is 2. The Balaban J connectivity index is 2.16. The molecule has 2 unspecified atom stereocenters. The summed E-state index contributed by atoms with van der Waals surface area (Å²) in [6.07, 6.45) is 4.41. The van der Waals surface area contributed by atoms with Gasteiger partial charge in [-0.05, 0) is 31.0 Å². The highest BCUT2D eigenvalue weighted by Crippen LogP contribution is 2.30. The molecule has 0 spiro atoms. The first-order valence-electron chi connectivity index (χ1n) is 5.06. The zero-order chi connectivity index (χ0) is 9.10. The first-order chi connectivity index (χ1) is 6.42. The van der Waals surface area contributed by atoms with E-state index in [9.17, 15) is 0 Å². The summed E-state index contributed by atoms with van der Waals surface area (Å²) < 4.78 is 0. The van der Waals surface area contributed by atoms with Gasteiger partial charge in [-0.15, -0.1) is 0 Å². The largest absolute Gasteiger partial charge is 0.308 e. The van der Waals surface area contributed by atoms with Crippen LogP contribution in [-0.4, -0.2) is 11.5 Å². The van der Waals surface area contributed by atoms with E-state index in [-0.39, 0.29) is 0 Å². The summed E-state index contributed by atoms with van der Waals surface area (Å²) in [6.45, 7) is 3.40. The molecule has 2 nitrogen and oxygen atoms in total. The van der Waals surface area contributed by atoms with E-state index in [1.807, 2.05) is 12.3 Å². The topological polar surface area (TPSA) is 24.9 Å². The van der Waals surface area contributed by atoms with Gasteiger partial charge < -0.3 is 5.32 Å². The Bertz CT molecular complexity index is 258. The van der Waals surface area contributed by atoms with Crippen molar-refractivity contribution in [3.63, 3.8) is 0 Å². The van der Waals surface area contributed by atoms with E-state index in [4.69, 9.17) is 0 Å². The van der Waals surface area contributed by atoms with E-state index in [0.717, 1.165) is 12.5 Å². The summed E-state index contributed by atoms with van der Waals surface area (Å²) in [5, 5.41) is 3.51. The van der Waals surface area contributed by atoms with Crippen LogP contribution in [0.3, 0.4) is 0 Å². The fraction of sp³-hybridized carbons (Fsp3) is 0.545. The summed E-state index contributed by atoms with van der Waals surface area (Å²) in [6, 6.07) is 6.64. The summed E-state index contributed by atoms with van der Waals surface area (Å²) in [7, 11) is 0. The Morgan fingerprint density at radius 1 is 1.54 bits per heavy atom. The minimum atomic E-state index is 0.492. The predicted molar refractivity (Wildman–Crippen MR) is 53.4 cm³/mol. The van der Waals surface area contributed by atoms with Gasteiger partial charge in [0.1, 0.15) is 0 Å². The molecule has 1 N–H and O–H groups in total. The molecule has 0 radical (unpaired) electrons. The van der Waals surface area contributed by atoms with Crippen LogP contribution in [0.1, 0.15) is 31.5 Å². The highest BCUT2D eigenvalue weighted by Gasteiger charge is 2.26. The lowest BCUT2D eigenvalue weighted by molar-refractivity contribution is 0.441. The Morgan fingerprint density at radius 3 is 3.15 bits per heavy atom. The predicted octanol–water partition coefficient (Wildman–Crippen LogP) is 2.14. The smallest absolute Gasteiger partial charge is 0.0576 e. The molecule has 0 saturated carbocycles. The van der Waals surface area contributed by atoms with Crippen molar-refractivity contribution in [2.45, 2.75) is 25.8 Å². The molecule has 2 atom stereocenters. The van der Waals surface area contributed by atoms with Crippen LogP contribution in [0.4, 0.5) is 0 Å². The Hall–Kier alpha value is -0.890. The van der Waals surface area contributed by atoms with E-state index in [2.05, 4.69) is 29.4 Å². The van der Waals surface area contributed by atoms with Crippen molar-refractivity contribution in [3.8, 4) is 0 Å². The molecule has 0 aromatic carbocycles. The SMILES string of the molecule is CCC1CCNC1c1ccccn1. The molecule has 0 bridgehead atoms. The zero-order valence-corrected chi connectivity index (χ0v) is 8.03. The molecule has 1 aromatic heterocycles. The van der Waals surface area contributed by atoms with Gasteiger partial charge in [0.15, 0.2) is 0 Å². The van der Waals surface area contributed by atoms with Crippen molar-refractivity contribution in [1.29, 1.82) is 0 Å². The number of nitrogens with one attached hydrogen (secondary N) is 1. The third kappa shape index (κ3) is 1.73. The summed E-state index contributed by atoms with van der Waals surface area (Å²) in [5.74, 6) is 0.773. The second-order valence-electron chi connectivity index (χ2n) is 3.64. The van der Waals surface area contributed by atoms with Crippen LogP contribution in [0.25, 0.3) is 0 Å². The molecule has 1 aliphatic rings. The number of nitrogens with zero attached hydrogens (tertiary/aromatic N) is 1. The van der Waals surface area contributed by atoms with E-state index < -0.39 is 0 Å². The highest BCUT2D eigenvalue weighted by molar-refractivity contribution is 5.11. The standard InChI is InChI=1S/C11H16N2/c1-2-9-6-8-13-11(9)10-5-3-4-7-12-10/h3-5,7,9,11,13H,2,6,8H2,1H3. The average Bonchev–Trinajstić information content (AvgIpc) is 2.67. The molecule has 1 saturated heterocycles. The molecule has 1 aliphatic heterocycles. The number of hydrogen-bond donors (Lipinski definition) is 1. The van der Waals surface area contributed by atoms with E-state index in [1.165, 1.54) is 18.5 Å². The van der Waals surface area contributed by atoms with Crippen LogP contribution in [0.5, 0.6) is 0 Å². The first-order valence-corrected chi connectivity index (χ1v) is 5.06. The van der Waals surface area contributed by atoms with Gasteiger partial charge in [0.25, 0.3) is 0 Å². The molecule has 1 aromatic rings. The maximum Gasteiger partial charge on any atom is 0.0576 e.